The number of benzene rings is 2. The Balaban J connectivity index is 1.51. The highest BCUT2D eigenvalue weighted by molar-refractivity contribution is 7.89. The van der Waals surface area contributed by atoms with E-state index < -0.39 is 10.0 Å². The molecule has 0 radical (unpaired) electrons. The smallest absolute Gasteiger partial charge is 0.243 e. The van der Waals surface area contributed by atoms with Gasteiger partial charge in [0.1, 0.15) is 12.4 Å². The van der Waals surface area contributed by atoms with E-state index in [0.717, 1.165) is 10.8 Å². The largest absolute Gasteiger partial charge is 0.474 e. The van der Waals surface area contributed by atoms with Gasteiger partial charge in [-0.3, -0.25) is 0 Å². The summed E-state index contributed by atoms with van der Waals surface area (Å²) < 4.78 is 33.6. The predicted molar refractivity (Wildman–Crippen MR) is 98.4 cm³/mol. The minimum absolute atomic E-state index is 0.0381. The van der Waals surface area contributed by atoms with Gasteiger partial charge >= 0.3 is 0 Å². The van der Waals surface area contributed by atoms with Crippen LogP contribution in [0.25, 0.3) is 10.8 Å². The average Bonchev–Trinajstić information content (AvgIpc) is 2.69. The van der Waals surface area contributed by atoms with Gasteiger partial charge in [-0.2, -0.15) is 4.31 Å². The number of ether oxygens (including phenoxy) is 1. The van der Waals surface area contributed by atoms with E-state index in [1.54, 1.807) is 28.7 Å². The van der Waals surface area contributed by atoms with Gasteiger partial charge in [0.2, 0.25) is 15.9 Å². The molecule has 0 aliphatic carbocycles. The van der Waals surface area contributed by atoms with Gasteiger partial charge in [0.25, 0.3) is 0 Å². The summed E-state index contributed by atoms with van der Waals surface area (Å²) in [6.07, 6.45) is 4.30. The van der Waals surface area contributed by atoms with Crippen molar-refractivity contribution in [3.8, 4) is 5.88 Å². The van der Waals surface area contributed by atoms with Crippen LogP contribution >= 0.6 is 0 Å². The summed E-state index contributed by atoms with van der Waals surface area (Å²) in [5.74, 6) is 0.523. The van der Waals surface area contributed by atoms with Crippen LogP contribution in [0.5, 0.6) is 5.88 Å². The molecule has 1 aliphatic heterocycles. The topological polar surface area (TPSA) is 72.4 Å². The molecule has 134 valence electrons. The third kappa shape index (κ3) is 3.27. The summed E-state index contributed by atoms with van der Waals surface area (Å²) in [6, 6.07) is 14.7. The Bertz CT molecular complexity index is 995. The Labute approximate surface area is 152 Å². The van der Waals surface area contributed by atoms with E-state index in [-0.39, 0.29) is 6.10 Å². The molecule has 0 unspecified atom stereocenters. The Hall–Kier alpha value is -2.51. The fraction of sp³-hybridized carbons (Fsp3) is 0.263. The van der Waals surface area contributed by atoms with Crippen LogP contribution in [0.2, 0.25) is 0 Å². The Morgan fingerprint density at radius 2 is 1.77 bits per heavy atom. The molecule has 0 spiro atoms. The lowest BCUT2D eigenvalue weighted by Crippen LogP contribution is -2.41. The quantitative estimate of drug-likeness (QED) is 0.707. The minimum Gasteiger partial charge on any atom is -0.474 e. The molecule has 1 aliphatic rings. The molecule has 26 heavy (non-hydrogen) atoms. The van der Waals surface area contributed by atoms with E-state index in [0.29, 0.717) is 36.7 Å². The zero-order chi connectivity index (χ0) is 18.0. The molecule has 2 aromatic carbocycles. The summed E-state index contributed by atoms with van der Waals surface area (Å²) in [4.78, 5) is 8.29. The van der Waals surface area contributed by atoms with E-state index in [1.165, 1.54) is 6.33 Å². The summed E-state index contributed by atoms with van der Waals surface area (Å²) in [7, 11) is -3.53. The summed E-state index contributed by atoms with van der Waals surface area (Å²) >= 11 is 0. The normalized spacial score (nSPS) is 16.6. The fourth-order valence-electron chi connectivity index (χ4n) is 3.27. The van der Waals surface area contributed by atoms with Crippen molar-refractivity contribution in [2.24, 2.45) is 0 Å². The highest BCUT2D eigenvalue weighted by Crippen LogP contribution is 2.28. The SMILES string of the molecule is O=S(=O)(c1cccc2ccccc12)N1CCC(Oc2ccncn2)CC1. The van der Waals surface area contributed by atoms with Crippen LogP contribution in [0.15, 0.2) is 66.0 Å². The number of fused-ring (bicyclic) bond motifs is 1. The maximum Gasteiger partial charge on any atom is 0.243 e. The van der Waals surface area contributed by atoms with Crippen LogP contribution in [0, 0.1) is 0 Å². The predicted octanol–water partition coefficient (Wildman–Crippen LogP) is 2.86. The number of piperidine rings is 1. The van der Waals surface area contributed by atoms with E-state index in [4.69, 9.17) is 4.74 Å². The van der Waals surface area contributed by atoms with E-state index >= 15 is 0 Å². The molecule has 3 aromatic rings. The molecule has 0 N–H and O–H groups in total. The van der Waals surface area contributed by atoms with Crippen molar-refractivity contribution in [3.05, 3.63) is 61.1 Å². The average molecular weight is 369 g/mol. The van der Waals surface area contributed by atoms with Crippen LogP contribution in [-0.4, -0.2) is 41.9 Å². The van der Waals surface area contributed by atoms with Crippen LogP contribution in [0.3, 0.4) is 0 Å². The highest BCUT2D eigenvalue weighted by atomic mass is 32.2. The number of rotatable bonds is 4. The number of aromatic nitrogens is 2. The van der Waals surface area contributed by atoms with Crippen LogP contribution in [0.1, 0.15) is 12.8 Å². The number of sulfonamides is 1. The standard InChI is InChI=1S/C19H19N3O3S/c23-26(24,18-7-3-5-15-4-1-2-6-17(15)18)22-12-9-16(10-13-22)25-19-8-11-20-14-21-19/h1-8,11,14,16H,9-10,12-13H2. The van der Waals surface area contributed by atoms with Crippen molar-refractivity contribution in [1.29, 1.82) is 0 Å². The number of hydrogen-bond donors (Lipinski definition) is 0. The Morgan fingerprint density at radius 1 is 1.00 bits per heavy atom. The van der Waals surface area contributed by atoms with Gasteiger partial charge in [-0.1, -0.05) is 36.4 Å². The summed E-state index contributed by atoms with van der Waals surface area (Å²) in [5.41, 5.74) is 0. The lowest BCUT2D eigenvalue weighted by molar-refractivity contribution is 0.129. The molecule has 0 amide bonds. The first-order valence-electron chi connectivity index (χ1n) is 8.55. The number of hydrogen-bond acceptors (Lipinski definition) is 5. The van der Waals surface area contributed by atoms with Gasteiger partial charge in [0, 0.05) is 30.7 Å². The molecule has 6 nitrogen and oxygen atoms in total. The van der Waals surface area contributed by atoms with Crippen molar-refractivity contribution >= 4 is 20.8 Å². The first-order chi connectivity index (χ1) is 12.6. The molecule has 1 fully saturated rings. The zero-order valence-corrected chi connectivity index (χ0v) is 15.0. The van der Waals surface area contributed by atoms with Gasteiger partial charge in [0.05, 0.1) is 4.90 Å². The summed E-state index contributed by atoms with van der Waals surface area (Å²) in [6.45, 7) is 0.864. The van der Waals surface area contributed by atoms with Gasteiger partial charge in [-0.15, -0.1) is 0 Å². The lowest BCUT2D eigenvalue weighted by Gasteiger charge is -2.31. The minimum atomic E-state index is -3.53. The van der Waals surface area contributed by atoms with Crippen LogP contribution in [0.4, 0.5) is 0 Å². The third-order valence-electron chi connectivity index (χ3n) is 4.61. The highest BCUT2D eigenvalue weighted by Gasteiger charge is 2.31. The first kappa shape index (κ1) is 16.9. The Kier molecular flexibility index (Phi) is 4.57. The van der Waals surface area contributed by atoms with E-state index in [1.807, 2.05) is 30.3 Å². The molecule has 1 aromatic heterocycles. The Morgan fingerprint density at radius 3 is 2.54 bits per heavy atom. The zero-order valence-electron chi connectivity index (χ0n) is 14.2. The van der Waals surface area contributed by atoms with E-state index in [9.17, 15) is 8.42 Å². The van der Waals surface area contributed by atoms with Gasteiger partial charge < -0.3 is 4.74 Å². The van der Waals surface area contributed by atoms with Crippen LogP contribution < -0.4 is 4.74 Å². The van der Waals surface area contributed by atoms with Crippen molar-refractivity contribution in [2.75, 3.05) is 13.1 Å². The molecule has 0 saturated carbocycles. The van der Waals surface area contributed by atoms with Crippen molar-refractivity contribution in [2.45, 2.75) is 23.8 Å². The molecular weight excluding hydrogens is 350 g/mol. The number of nitrogens with zero attached hydrogens (tertiary/aromatic N) is 3. The van der Waals surface area contributed by atoms with Gasteiger partial charge in [-0.25, -0.2) is 18.4 Å². The van der Waals surface area contributed by atoms with Crippen molar-refractivity contribution in [1.82, 2.24) is 14.3 Å². The molecule has 0 atom stereocenters. The molecule has 1 saturated heterocycles. The maximum atomic E-state index is 13.1. The lowest BCUT2D eigenvalue weighted by atomic mass is 10.1. The molecule has 2 heterocycles. The summed E-state index contributed by atoms with van der Waals surface area (Å²) in [5, 5.41) is 1.69. The fourth-order valence-corrected chi connectivity index (χ4v) is 4.95. The second kappa shape index (κ2) is 7.01. The van der Waals surface area contributed by atoms with Crippen LogP contribution in [-0.2, 0) is 10.0 Å². The second-order valence-electron chi connectivity index (χ2n) is 6.25. The van der Waals surface area contributed by atoms with Gasteiger partial charge in [0.15, 0.2) is 0 Å². The van der Waals surface area contributed by atoms with Crippen molar-refractivity contribution < 1.29 is 13.2 Å². The molecule has 4 rings (SSSR count). The third-order valence-corrected chi connectivity index (χ3v) is 6.57. The van der Waals surface area contributed by atoms with Gasteiger partial charge in [-0.05, 0) is 24.3 Å². The van der Waals surface area contributed by atoms with Crippen molar-refractivity contribution in [3.63, 3.8) is 0 Å². The first-order valence-corrected chi connectivity index (χ1v) is 9.99. The maximum absolute atomic E-state index is 13.1. The second-order valence-corrected chi connectivity index (χ2v) is 8.15. The molecule has 7 heteroatoms. The molecule has 0 bridgehead atoms. The van der Waals surface area contributed by atoms with E-state index in [2.05, 4.69) is 9.97 Å². The molecular formula is C19H19N3O3S. The monoisotopic (exact) mass is 369 g/mol.